The first-order valence-electron chi connectivity index (χ1n) is 11.0. The standard InChI is InChI=1S/C24H30O5/c1-22-8-4-15(25)12-14(22)13-16(21(27)28-3)20-17(22)5-9-23(2)18(20)6-10-24(23)11-7-19(26)29-24/h5,12,16,18,20H,4,6-11,13H2,1-3H3/t16-,18+,20+,22+,23+,24-/m1/s1. The molecular formula is C24H30O5. The molecule has 5 aliphatic rings. The molecule has 5 nitrogen and oxygen atoms in total. The largest absolute Gasteiger partial charge is 0.469 e. The summed E-state index contributed by atoms with van der Waals surface area (Å²) in [4.78, 5) is 37.1. The first-order chi connectivity index (χ1) is 13.7. The minimum Gasteiger partial charge on any atom is -0.469 e. The molecule has 4 aliphatic carbocycles. The number of fused-ring (bicyclic) bond motifs is 6. The molecule has 0 aromatic heterocycles. The van der Waals surface area contributed by atoms with Gasteiger partial charge in [-0.05, 0) is 56.4 Å². The van der Waals surface area contributed by atoms with Crippen LogP contribution in [-0.2, 0) is 23.9 Å². The van der Waals surface area contributed by atoms with Crippen molar-refractivity contribution in [1.82, 2.24) is 0 Å². The summed E-state index contributed by atoms with van der Waals surface area (Å²) in [7, 11) is 1.46. The van der Waals surface area contributed by atoms with E-state index in [1.165, 1.54) is 12.7 Å². The SMILES string of the molecule is COC(=O)[C@@H]1CC2=CC(=O)CC[C@]2(C)C2=CC[C@@]3(C)[C@@H](CC[C@@]34CCC(=O)O4)[C@H]21. The number of methoxy groups -OCH3 is 1. The average molecular weight is 398 g/mol. The van der Waals surface area contributed by atoms with E-state index in [2.05, 4.69) is 19.9 Å². The lowest BCUT2D eigenvalue weighted by atomic mass is 9.48. The molecule has 5 heteroatoms. The van der Waals surface area contributed by atoms with Gasteiger partial charge < -0.3 is 9.47 Å². The third-order valence-electron chi connectivity index (χ3n) is 9.23. The number of carbonyl (C=O) groups is 3. The van der Waals surface area contributed by atoms with E-state index in [0.717, 1.165) is 37.7 Å². The molecule has 0 bridgehead atoms. The predicted molar refractivity (Wildman–Crippen MR) is 106 cm³/mol. The highest BCUT2D eigenvalue weighted by Crippen LogP contribution is 2.69. The number of carbonyl (C=O) groups excluding carboxylic acids is 3. The van der Waals surface area contributed by atoms with Gasteiger partial charge in [0.2, 0.25) is 0 Å². The number of esters is 2. The Morgan fingerprint density at radius 1 is 1.17 bits per heavy atom. The summed E-state index contributed by atoms with van der Waals surface area (Å²) < 4.78 is 11.2. The molecule has 0 radical (unpaired) electrons. The maximum Gasteiger partial charge on any atom is 0.309 e. The first kappa shape index (κ1) is 19.1. The van der Waals surface area contributed by atoms with Crippen LogP contribution in [0.4, 0.5) is 0 Å². The van der Waals surface area contributed by atoms with Gasteiger partial charge in [0, 0.05) is 23.7 Å². The van der Waals surface area contributed by atoms with Crippen molar-refractivity contribution in [3.05, 3.63) is 23.3 Å². The maximum absolute atomic E-state index is 12.9. The van der Waals surface area contributed by atoms with Gasteiger partial charge >= 0.3 is 11.9 Å². The van der Waals surface area contributed by atoms with Crippen molar-refractivity contribution in [3.8, 4) is 0 Å². The number of ether oxygens (including phenoxy) is 2. The van der Waals surface area contributed by atoms with Crippen LogP contribution in [0.15, 0.2) is 23.3 Å². The molecule has 3 fully saturated rings. The van der Waals surface area contributed by atoms with Crippen LogP contribution in [0, 0.1) is 28.6 Å². The lowest BCUT2D eigenvalue weighted by Gasteiger charge is -2.56. The molecule has 5 rings (SSSR count). The van der Waals surface area contributed by atoms with Crippen LogP contribution in [0.3, 0.4) is 0 Å². The number of hydrogen-bond donors (Lipinski definition) is 0. The fourth-order valence-corrected chi connectivity index (χ4v) is 7.53. The smallest absolute Gasteiger partial charge is 0.309 e. The zero-order valence-corrected chi connectivity index (χ0v) is 17.6. The third kappa shape index (κ3) is 2.36. The normalized spacial score (nSPS) is 45.7. The molecule has 0 N–H and O–H groups in total. The van der Waals surface area contributed by atoms with Crippen LogP contribution in [0.25, 0.3) is 0 Å². The minimum atomic E-state index is -0.392. The molecule has 0 unspecified atom stereocenters. The molecule has 6 atom stereocenters. The highest BCUT2D eigenvalue weighted by molar-refractivity contribution is 5.92. The monoisotopic (exact) mass is 398 g/mol. The van der Waals surface area contributed by atoms with E-state index in [4.69, 9.17) is 9.47 Å². The van der Waals surface area contributed by atoms with Crippen molar-refractivity contribution >= 4 is 17.7 Å². The fraction of sp³-hybridized carbons (Fsp3) is 0.708. The highest BCUT2D eigenvalue weighted by atomic mass is 16.6. The molecule has 156 valence electrons. The van der Waals surface area contributed by atoms with E-state index in [0.29, 0.717) is 19.3 Å². The molecule has 1 heterocycles. The number of hydrogen-bond acceptors (Lipinski definition) is 5. The second kappa shape index (κ2) is 6.05. The highest BCUT2D eigenvalue weighted by Gasteiger charge is 2.67. The van der Waals surface area contributed by atoms with Crippen molar-refractivity contribution in [3.63, 3.8) is 0 Å². The van der Waals surface area contributed by atoms with E-state index >= 15 is 0 Å². The molecule has 0 aromatic rings. The zero-order valence-electron chi connectivity index (χ0n) is 17.6. The lowest BCUT2D eigenvalue weighted by molar-refractivity contribution is -0.163. The summed E-state index contributed by atoms with van der Waals surface area (Å²) in [6, 6.07) is 0. The first-order valence-corrected chi connectivity index (χ1v) is 11.0. The van der Waals surface area contributed by atoms with Gasteiger partial charge in [0.15, 0.2) is 5.78 Å². The number of rotatable bonds is 1. The van der Waals surface area contributed by atoms with E-state index < -0.39 is 5.60 Å². The van der Waals surface area contributed by atoms with Crippen LogP contribution in [-0.4, -0.2) is 30.4 Å². The Kier molecular flexibility index (Phi) is 3.98. The molecule has 0 amide bonds. The molecular weight excluding hydrogens is 368 g/mol. The van der Waals surface area contributed by atoms with Gasteiger partial charge in [0.05, 0.1) is 13.0 Å². The second-order valence-corrected chi connectivity index (χ2v) is 10.2. The fourth-order valence-electron chi connectivity index (χ4n) is 7.53. The number of allylic oxidation sites excluding steroid dienone is 4. The van der Waals surface area contributed by atoms with Crippen LogP contribution in [0.1, 0.15) is 65.2 Å². The van der Waals surface area contributed by atoms with Gasteiger partial charge in [0.1, 0.15) is 5.60 Å². The summed E-state index contributed by atoms with van der Waals surface area (Å²) in [5.41, 5.74) is 1.72. The Labute approximate surface area is 171 Å². The van der Waals surface area contributed by atoms with Gasteiger partial charge in [-0.3, -0.25) is 14.4 Å². The Morgan fingerprint density at radius 2 is 1.97 bits per heavy atom. The van der Waals surface area contributed by atoms with Crippen LogP contribution >= 0.6 is 0 Å². The zero-order chi connectivity index (χ0) is 20.6. The Hall–Kier alpha value is -1.91. The number of ketones is 1. The van der Waals surface area contributed by atoms with Crippen LogP contribution < -0.4 is 0 Å². The quantitative estimate of drug-likeness (QED) is 0.495. The van der Waals surface area contributed by atoms with Crippen molar-refractivity contribution in [2.75, 3.05) is 7.11 Å². The summed E-state index contributed by atoms with van der Waals surface area (Å²) in [5.74, 6) is 0.00356. The molecule has 1 aliphatic heterocycles. The van der Waals surface area contributed by atoms with E-state index in [1.54, 1.807) is 6.08 Å². The third-order valence-corrected chi connectivity index (χ3v) is 9.23. The predicted octanol–water partition coefficient (Wildman–Crippen LogP) is 3.91. The van der Waals surface area contributed by atoms with Gasteiger partial charge in [0.25, 0.3) is 0 Å². The molecule has 1 spiro atoms. The van der Waals surface area contributed by atoms with Crippen molar-refractivity contribution in [1.29, 1.82) is 0 Å². The van der Waals surface area contributed by atoms with Crippen LogP contribution in [0.5, 0.6) is 0 Å². The lowest BCUT2D eigenvalue weighted by Crippen LogP contribution is -2.53. The van der Waals surface area contributed by atoms with Gasteiger partial charge in [-0.1, -0.05) is 31.1 Å². The Balaban J connectivity index is 1.63. The Bertz CT molecular complexity index is 868. The average Bonchev–Trinajstić information content (AvgIpc) is 3.22. The summed E-state index contributed by atoms with van der Waals surface area (Å²) in [6.07, 6.45) is 10.1. The molecule has 2 saturated carbocycles. The van der Waals surface area contributed by atoms with E-state index in [1.807, 2.05) is 0 Å². The second-order valence-electron chi connectivity index (χ2n) is 10.2. The van der Waals surface area contributed by atoms with Crippen LogP contribution in [0.2, 0.25) is 0 Å². The summed E-state index contributed by atoms with van der Waals surface area (Å²) in [5, 5.41) is 0. The summed E-state index contributed by atoms with van der Waals surface area (Å²) >= 11 is 0. The molecule has 0 aromatic carbocycles. The minimum absolute atomic E-state index is 0.0854. The van der Waals surface area contributed by atoms with Gasteiger partial charge in [-0.15, -0.1) is 0 Å². The van der Waals surface area contributed by atoms with Crippen molar-refractivity contribution < 1.29 is 23.9 Å². The molecule has 29 heavy (non-hydrogen) atoms. The maximum atomic E-state index is 12.9. The molecule has 1 saturated heterocycles. The van der Waals surface area contributed by atoms with E-state index in [-0.39, 0.29) is 46.3 Å². The topological polar surface area (TPSA) is 69.7 Å². The van der Waals surface area contributed by atoms with Gasteiger partial charge in [-0.2, -0.15) is 0 Å². The summed E-state index contributed by atoms with van der Waals surface area (Å²) in [6.45, 7) is 4.52. The van der Waals surface area contributed by atoms with Crippen molar-refractivity contribution in [2.45, 2.75) is 70.8 Å². The van der Waals surface area contributed by atoms with Crippen molar-refractivity contribution in [2.24, 2.45) is 28.6 Å². The Morgan fingerprint density at radius 3 is 2.66 bits per heavy atom. The van der Waals surface area contributed by atoms with E-state index in [9.17, 15) is 14.4 Å². The van der Waals surface area contributed by atoms with Gasteiger partial charge in [-0.25, -0.2) is 0 Å².